The molecule has 2 aromatic rings. The second kappa shape index (κ2) is 9.48. The number of amides is 1. The molecule has 1 fully saturated rings. The number of carbonyl (C=O) groups is 1. The Balaban J connectivity index is 1.47. The van der Waals surface area contributed by atoms with E-state index >= 15 is 0 Å². The van der Waals surface area contributed by atoms with Crippen molar-refractivity contribution in [3.8, 4) is 0 Å². The molecule has 1 aromatic carbocycles. The van der Waals surface area contributed by atoms with Crippen LogP contribution in [0.25, 0.3) is 10.9 Å². The van der Waals surface area contributed by atoms with Crippen molar-refractivity contribution in [1.29, 1.82) is 0 Å². The first kappa shape index (κ1) is 20.0. The molecule has 152 valence electrons. The quantitative estimate of drug-likeness (QED) is 0.546. The minimum Gasteiger partial charge on any atom is -0.450 e. The minimum atomic E-state index is -0.211. The van der Waals surface area contributed by atoms with Crippen LogP contribution in [0.3, 0.4) is 0 Å². The maximum Gasteiger partial charge on any atom is 0.409 e. The Hall–Kier alpha value is -2.70. The molecule has 2 heterocycles. The van der Waals surface area contributed by atoms with E-state index in [1.807, 2.05) is 6.92 Å². The van der Waals surface area contributed by atoms with Gasteiger partial charge in [-0.05, 0) is 44.7 Å². The van der Waals surface area contributed by atoms with Crippen LogP contribution >= 0.6 is 0 Å². The van der Waals surface area contributed by atoms with Gasteiger partial charge in [0.05, 0.1) is 6.61 Å². The van der Waals surface area contributed by atoms with E-state index in [2.05, 4.69) is 51.8 Å². The largest absolute Gasteiger partial charge is 0.450 e. The van der Waals surface area contributed by atoms with Crippen LogP contribution in [0.1, 0.15) is 31.0 Å². The summed E-state index contributed by atoms with van der Waals surface area (Å²) in [6.45, 7) is 6.61. The van der Waals surface area contributed by atoms with E-state index in [9.17, 15) is 4.79 Å². The maximum atomic E-state index is 11.8. The molecule has 0 unspecified atom stereocenters. The van der Waals surface area contributed by atoms with Gasteiger partial charge in [0.15, 0.2) is 5.96 Å². The van der Waals surface area contributed by atoms with Gasteiger partial charge in [-0.3, -0.25) is 4.99 Å². The van der Waals surface area contributed by atoms with Crippen molar-refractivity contribution in [3.05, 3.63) is 35.5 Å². The molecule has 3 N–H and O–H groups in total. The van der Waals surface area contributed by atoms with Crippen molar-refractivity contribution in [2.45, 2.75) is 39.2 Å². The molecule has 7 nitrogen and oxygen atoms in total. The van der Waals surface area contributed by atoms with Crippen LogP contribution in [0.2, 0.25) is 0 Å². The summed E-state index contributed by atoms with van der Waals surface area (Å²) in [6, 6.07) is 8.72. The lowest BCUT2D eigenvalue weighted by Gasteiger charge is -2.32. The van der Waals surface area contributed by atoms with Crippen LogP contribution in [0.4, 0.5) is 4.79 Å². The topological polar surface area (TPSA) is 81.8 Å². The molecule has 0 saturated carbocycles. The first-order valence-corrected chi connectivity index (χ1v) is 10.1. The van der Waals surface area contributed by atoms with Gasteiger partial charge in [0.2, 0.25) is 0 Å². The van der Waals surface area contributed by atoms with E-state index in [0.29, 0.717) is 25.7 Å². The standard InChI is InChI=1S/C21H31N5O2/c1-4-28-21(27)26-13-10-16(11-14-26)25-20(22-3)23-12-9-17-15(2)24-19-8-6-5-7-18(17)19/h5-8,16,24H,4,9-14H2,1-3H3,(H2,22,23,25). The van der Waals surface area contributed by atoms with Crippen molar-refractivity contribution in [1.82, 2.24) is 20.5 Å². The molecular formula is C21H31N5O2. The lowest BCUT2D eigenvalue weighted by atomic mass is 10.1. The van der Waals surface area contributed by atoms with E-state index in [1.165, 1.54) is 22.2 Å². The molecule has 0 bridgehead atoms. The molecule has 1 saturated heterocycles. The molecule has 1 aromatic heterocycles. The summed E-state index contributed by atoms with van der Waals surface area (Å²) in [7, 11) is 1.79. The number of nitrogens with zero attached hydrogens (tertiary/aromatic N) is 2. The van der Waals surface area contributed by atoms with E-state index in [1.54, 1.807) is 11.9 Å². The van der Waals surface area contributed by atoms with Gasteiger partial charge < -0.3 is 25.3 Å². The summed E-state index contributed by atoms with van der Waals surface area (Å²) in [4.78, 5) is 21.4. The van der Waals surface area contributed by atoms with Gasteiger partial charge >= 0.3 is 6.09 Å². The zero-order valence-electron chi connectivity index (χ0n) is 17.0. The molecule has 0 atom stereocenters. The predicted molar refractivity (Wildman–Crippen MR) is 113 cm³/mol. The highest BCUT2D eigenvalue weighted by Gasteiger charge is 2.24. The number of carbonyl (C=O) groups excluding carboxylic acids is 1. The number of para-hydroxylation sites is 1. The molecule has 28 heavy (non-hydrogen) atoms. The van der Waals surface area contributed by atoms with E-state index < -0.39 is 0 Å². The average molecular weight is 386 g/mol. The molecule has 1 amide bonds. The molecule has 7 heteroatoms. The number of fused-ring (bicyclic) bond motifs is 1. The number of guanidine groups is 1. The number of aromatic nitrogens is 1. The van der Waals surface area contributed by atoms with Crippen molar-refractivity contribution < 1.29 is 9.53 Å². The number of ether oxygens (including phenoxy) is 1. The first-order valence-electron chi connectivity index (χ1n) is 10.1. The molecule has 0 spiro atoms. The number of aryl methyl sites for hydroxylation is 1. The van der Waals surface area contributed by atoms with Crippen LogP contribution in [0.5, 0.6) is 0 Å². The van der Waals surface area contributed by atoms with Crippen LogP contribution in [0, 0.1) is 6.92 Å². The smallest absolute Gasteiger partial charge is 0.409 e. The highest BCUT2D eigenvalue weighted by atomic mass is 16.6. The Morgan fingerprint density at radius 3 is 2.79 bits per heavy atom. The Morgan fingerprint density at radius 2 is 2.07 bits per heavy atom. The fourth-order valence-corrected chi connectivity index (χ4v) is 3.77. The van der Waals surface area contributed by atoms with Gasteiger partial charge in [-0.25, -0.2) is 4.79 Å². The summed E-state index contributed by atoms with van der Waals surface area (Å²) < 4.78 is 5.08. The van der Waals surface area contributed by atoms with E-state index in [4.69, 9.17) is 4.74 Å². The zero-order chi connectivity index (χ0) is 19.9. The number of nitrogens with one attached hydrogen (secondary N) is 3. The molecule has 0 aliphatic carbocycles. The highest BCUT2D eigenvalue weighted by molar-refractivity contribution is 5.85. The number of benzene rings is 1. The third kappa shape index (κ3) is 4.77. The Kier molecular flexibility index (Phi) is 6.79. The predicted octanol–water partition coefficient (Wildman–Crippen LogP) is 2.80. The SMILES string of the molecule is CCOC(=O)N1CCC(NC(=NC)NCCc2c(C)[nH]c3ccccc23)CC1. The first-order chi connectivity index (χ1) is 13.6. The van der Waals surface area contributed by atoms with Crippen molar-refractivity contribution in [2.75, 3.05) is 33.3 Å². The van der Waals surface area contributed by atoms with Gasteiger partial charge in [0.25, 0.3) is 0 Å². The average Bonchev–Trinajstić information content (AvgIpc) is 3.03. The van der Waals surface area contributed by atoms with Crippen molar-refractivity contribution in [2.24, 2.45) is 4.99 Å². The third-order valence-corrected chi connectivity index (χ3v) is 5.28. The van der Waals surface area contributed by atoms with Crippen molar-refractivity contribution in [3.63, 3.8) is 0 Å². The second-order valence-corrected chi connectivity index (χ2v) is 7.13. The van der Waals surface area contributed by atoms with Crippen LogP contribution < -0.4 is 10.6 Å². The number of likely N-dealkylation sites (tertiary alicyclic amines) is 1. The fraction of sp³-hybridized carbons (Fsp3) is 0.524. The summed E-state index contributed by atoms with van der Waals surface area (Å²) in [5, 5.41) is 8.19. The zero-order valence-corrected chi connectivity index (χ0v) is 17.0. The number of piperidine rings is 1. The van der Waals surface area contributed by atoms with Gasteiger partial charge in [0.1, 0.15) is 0 Å². The number of aliphatic imine (C=N–C) groups is 1. The Bertz CT molecular complexity index is 821. The number of aromatic amines is 1. The van der Waals surface area contributed by atoms with Gasteiger partial charge in [-0.15, -0.1) is 0 Å². The van der Waals surface area contributed by atoms with Crippen LogP contribution in [-0.2, 0) is 11.2 Å². The highest BCUT2D eigenvalue weighted by Crippen LogP contribution is 2.21. The number of H-pyrrole nitrogens is 1. The number of hydrogen-bond donors (Lipinski definition) is 3. The minimum absolute atomic E-state index is 0.211. The summed E-state index contributed by atoms with van der Waals surface area (Å²) >= 11 is 0. The van der Waals surface area contributed by atoms with Gasteiger partial charge in [-0.2, -0.15) is 0 Å². The lowest BCUT2D eigenvalue weighted by molar-refractivity contribution is 0.0963. The summed E-state index contributed by atoms with van der Waals surface area (Å²) in [5.41, 5.74) is 3.75. The maximum absolute atomic E-state index is 11.8. The molecule has 1 aliphatic rings. The normalized spacial score (nSPS) is 15.7. The molecular weight excluding hydrogens is 354 g/mol. The third-order valence-electron chi connectivity index (χ3n) is 5.28. The summed E-state index contributed by atoms with van der Waals surface area (Å²) in [6.07, 6.45) is 2.50. The number of hydrogen-bond acceptors (Lipinski definition) is 3. The number of rotatable bonds is 5. The van der Waals surface area contributed by atoms with E-state index in [0.717, 1.165) is 31.8 Å². The fourth-order valence-electron chi connectivity index (χ4n) is 3.77. The Labute approximate surface area is 166 Å². The van der Waals surface area contributed by atoms with Crippen molar-refractivity contribution >= 4 is 23.0 Å². The van der Waals surface area contributed by atoms with Crippen LogP contribution in [-0.4, -0.2) is 61.3 Å². The second-order valence-electron chi connectivity index (χ2n) is 7.13. The monoisotopic (exact) mass is 385 g/mol. The molecule has 3 rings (SSSR count). The Morgan fingerprint density at radius 1 is 1.32 bits per heavy atom. The van der Waals surface area contributed by atoms with Crippen LogP contribution in [0.15, 0.2) is 29.3 Å². The lowest BCUT2D eigenvalue weighted by Crippen LogP contribution is -2.50. The molecule has 0 radical (unpaired) electrons. The van der Waals surface area contributed by atoms with Gasteiger partial charge in [0, 0.05) is 49.3 Å². The van der Waals surface area contributed by atoms with Gasteiger partial charge in [-0.1, -0.05) is 18.2 Å². The summed E-state index contributed by atoms with van der Waals surface area (Å²) in [5.74, 6) is 0.812. The molecule has 1 aliphatic heterocycles. The van der Waals surface area contributed by atoms with E-state index in [-0.39, 0.29) is 6.09 Å².